The van der Waals surface area contributed by atoms with Gasteiger partial charge in [0.1, 0.15) is 0 Å². The van der Waals surface area contributed by atoms with Crippen LogP contribution in [0.2, 0.25) is 0 Å². The molecular formula is C14H10B2N3O5. The summed E-state index contributed by atoms with van der Waals surface area (Å²) in [5.74, 6) is -2.70. The Balaban J connectivity index is 2.41. The zero-order valence-electron chi connectivity index (χ0n) is 12.2. The van der Waals surface area contributed by atoms with Crippen LogP contribution in [0.5, 0.6) is 0 Å². The first-order valence-corrected chi connectivity index (χ1v) is 6.66. The van der Waals surface area contributed by atoms with Crippen molar-refractivity contribution < 1.29 is 19.6 Å². The van der Waals surface area contributed by atoms with Crippen molar-refractivity contribution >= 4 is 48.8 Å². The van der Waals surface area contributed by atoms with Crippen molar-refractivity contribution in [2.24, 2.45) is 0 Å². The molecule has 0 amide bonds. The predicted molar refractivity (Wildman–Crippen MR) is 89.9 cm³/mol. The average molecular weight is 322 g/mol. The molecule has 0 aromatic heterocycles. The first-order chi connectivity index (χ1) is 11.4. The Kier molecular flexibility index (Phi) is 5.20. The van der Waals surface area contributed by atoms with Gasteiger partial charge in [0, 0.05) is 0 Å². The summed E-state index contributed by atoms with van der Waals surface area (Å²) in [6.45, 7) is 1.04. The maximum absolute atomic E-state index is 11.6. The van der Waals surface area contributed by atoms with Gasteiger partial charge in [-0.2, -0.15) is 0 Å². The fourth-order valence-electron chi connectivity index (χ4n) is 2.04. The molecule has 0 heterocycles. The Morgan fingerprint density at radius 1 is 1.17 bits per heavy atom. The number of benzene rings is 2. The fourth-order valence-corrected chi connectivity index (χ4v) is 2.04. The maximum atomic E-state index is 11.6. The molecule has 0 aliphatic heterocycles. The van der Waals surface area contributed by atoms with Gasteiger partial charge in [0.05, 0.1) is 0 Å². The number of carbonyl (C=O) groups is 2. The molecule has 0 aliphatic carbocycles. The van der Waals surface area contributed by atoms with Crippen LogP contribution in [0.1, 0.15) is 10.4 Å². The molecule has 2 aromatic carbocycles. The van der Waals surface area contributed by atoms with Gasteiger partial charge >= 0.3 is 137 Å². The number of para-hydroxylation sites is 2. The molecule has 0 saturated carbocycles. The van der Waals surface area contributed by atoms with Crippen LogP contribution in [0.15, 0.2) is 42.5 Å². The molecular weight excluding hydrogens is 312 g/mol. The van der Waals surface area contributed by atoms with Crippen LogP contribution in [-0.2, 0) is 4.79 Å². The standard InChI is InChI=1S/C14H10B2N3O5/c15-16-18-11-7-8(5-6-9(11)13(20)14(21)22)17-10-3-1-2-4-12(10)19(23)24/h1-7,17-18H,(H,21,22). The molecule has 2 rings (SSSR count). The van der Waals surface area contributed by atoms with E-state index in [-0.39, 0.29) is 22.6 Å². The van der Waals surface area contributed by atoms with Crippen LogP contribution >= 0.6 is 0 Å². The van der Waals surface area contributed by atoms with Gasteiger partial charge in [-0.3, -0.25) is 0 Å². The van der Waals surface area contributed by atoms with E-state index in [1.807, 2.05) is 0 Å². The van der Waals surface area contributed by atoms with Crippen molar-refractivity contribution in [3.8, 4) is 0 Å². The van der Waals surface area contributed by atoms with E-state index in [1.165, 1.54) is 36.4 Å². The number of carboxylic acids is 1. The number of carboxylic acid groups (broad SMARTS) is 1. The number of nitrogens with zero attached hydrogens (tertiary/aromatic N) is 1. The van der Waals surface area contributed by atoms with E-state index in [4.69, 9.17) is 12.5 Å². The van der Waals surface area contributed by atoms with Crippen LogP contribution < -0.4 is 10.5 Å². The van der Waals surface area contributed by atoms with Crippen LogP contribution in [0.25, 0.3) is 0 Å². The third kappa shape index (κ3) is 3.72. The minimum absolute atomic E-state index is 0.0858. The van der Waals surface area contributed by atoms with E-state index in [0.717, 1.165) is 6.94 Å². The fraction of sp³-hybridized carbons (Fsp3) is 0. The monoisotopic (exact) mass is 322 g/mol. The summed E-state index contributed by atoms with van der Waals surface area (Å²) in [6.07, 6.45) is 0. The van der Waals surface area contributed by atoms with E-state index in [2.05, 4.69) is 10.5 Å². The second-order valence-corrected chi connectivity index (χ2v) is 4.60. The second kappa shape index (κ2) is 7.32. The number of Topliss-reactive ketones (excluding diaryl/α,β-unsaturated/α-hetero) is 1. The molecule has 0 atom stereocenters. The number of nitrogens with one attached hydrogen (secondary N) is 2. The summed E-state index contributed by atoms with van der Waals surface area (Å²) in [7, 11) is 5.27. The number of nitro benzene ring substituents is 1. The molecule has 2 aromatic rings. The van der Waals surface area contributed by atoms with Gasteiger partial charge in [-0.25, -0.2) is 0 Å². The van der Waals surface area contributed by atoms with Gasteiger partial charge in [-0.15, -0.1) is 0 Å². The number of anilines is 3. The number of aliphatic carboxylic acids is 1. The minimum atomic E-state index is -1.60. The number of hydrogen-bond donors (Lipinski definition) is 3. The first-order valence-electron chi connectivity index (χ1n) is 6.66. The van der Waals surface area contributed by atoms with Crippen molar-refractivity contribution in [1.82, 2.24) is 0 Å². The third-order valence-electron chi connectivity index (χ3n) is 3.08. The SMILES string of the molecule is [B]=BNc1cc(Nc2ccccc2[N+](=O)[O-])ccc1C(=O)C(=O)O. The van der Waals surface area contributed by atoms with E-state index in [1.54, 1.807) is 6.07 Å². The zero-order valence-corrected chi connectivity index (χ0v) is 12.2. The molecule has 0 fully saturated rings. The van der Waals surface area contributed by atoms with Gasteiger partial charge in [0.15, 0.2) is 0 Å². The van der Waals surface area contributed by atoms with Crippen molar-refractivity contribution in [2.45, 2.75) is 0 Å². The molecule has 8 nitrogen and oxygen atoms in total. The van der Waals surface area contributed by atoms with Gasteiger partial charge in [0.2, 0.25) is 0 Å². The van der Waals surface area contributed by atoms with Gasteiger partial charge in [0.25, 0.3) is 0 Å². The quantitative estimate of drug-likeness (QED) is 0.233. The molecule has 0 saturated heterocycles. The second-order valence-electron chi connectivity index (χ2n) is 4.60. The summed E-state index contributed by atoms with van der Waals surface area (Å²) in [5, 5.41) is 25.3. The van der Waals surface area contributed by atoms with Crippen molar-refractivity contribution in [2.75, 3.05) is 10.5 Å². The number of ketones is 1. The first kappa shape index (κ1) is 17.1. The number of rotatable bonds is 7. The van der Waals surface area contributed by atoms with E-state index in [0.29, 0.717) is 5.69 Å². The van der Waals surface area contributed by atoms with E-state index >= 15 is 0 Å². The normalized spacial score (nSPS) is 9.62. The van der Waals surface area contributed by atoms with Gasteiger partial charge in [-0.1, -0.05) is 0 Å². The Hall–Kier alpha value is -3.29. The van der Waals surface area contributed by atoms with Gasteiger partial charge < -0.3 is 0 Å². The Bertz CT molecular complexity index is 841. The van der Waals surface area contributed by atoms with Gasteiger partial charge in [-0.05, 0) is 0 Å². The van der Waals surface area contributed by atoms with Crippen LogP contribution in [0, 0.1) is 10.1 Å². The predicted octanol–water partition coefficient (Wildman–Crippen LogP) is 1.72. The molecule has 0 aliphatic rings. The molecule has 117 valence electrons. The van der Waals surface area contributed by atoms with Crippen LogP contribution in [0.4, 0.5) is 22.7 Å². The molecule has 0 unspecified atom stereocenters. The molecule has 0 spiro atoms. The van der Waals surface area contributed by atoms with E-state index < -0.39 is 16.7 Å². The van der Waals surface area contributed by atoms with Crippen molar-refractivity contribution in [3.05, 3.63) is 58.1 Å². The third-order valence-corrected chi connectivity index (χ3v) is 3.08. The summed E-state index contributed by atoms with van der Waals surface area (Å²) in [6, 6.07) is 10.2. The number of nitro groups is 1. The molecule has 3 N–H and O–H groups in total. The van der Waals surface area contributed by atoms with Crippen LogP contribution in [-0.4, -0.2) is 36.1 Å². The number of carbonyl (C=O) groups excluding carboxylic acids is 1. The van der Waals surface area contributed by atoms with E-state index in [9.17, 15) is 19.7 Å². The summed E-state index contributed by atoms with van der Waals surface area (Å²) in [5.41, 5.74) is 0.618. The Morgan fingerprint density at radius 3 is 2.50 bits per heavy atom. The Labute approximate surface area is 137 Å². The number of hydrogen-bond acceptors (Lipinski definition) is 6. The summed E-state index contributed by atoms with van der Waals surface area (Å²) < 4.78 is 0. The van der Waals surface area contributed by atoms with Crippen molar-refractivity contribution in [3.63, 3.8) is 0 Å². The Morgan fingerprint density at radius 2 is 1.88 bits per heavy atom. The topological polar surface area (TPSA) is 122 Å². The summed E-state index contributed by atoms with van der Waals surface area (Å²) in [4.78, 5) is 33.0. The molecule has 1 radical (unpaired) electrons. The van der Waals surface area contributed by atoms with Crippen LogP contribution in [0.3, 0.4) is 0 Å². The van der Waals surface area contributed by atoms with Crippen molar-refractivity contribution in [1.29, 1.82) is 0 Å². The molecule has 0 bridgehead atoms. The molecule has 10 heteroatoms. The zero-order chi connectivity index (χ0) is 17.7. The summed E-state index contributed by atoms with van der Waals surface area (Å²) >= 11 is 0. The average Bonchev–Trinajstić information content (AvgIpc) is 2.55. The molecule has 24 heavy (non-hydrogen) atoms.